The first-order valence-electron chi connectivity index (χ1n) is 5.96. The summed E-state index contributed by atoms with van der Waals surface area (Å²) in [7, 11) is 0. The van der Waals surface area contributed by atoms with Crippen molar-refractivity contribution < 1.29 is 0 Å². The second-order valence-corrected chi connectivity index (χ2v) is 8.75. The predicted octanol–water partition coefficient (Wildman–Crippen LogP) is 5.53. The number of halogens is 1. The second kappa shape index (κ2) is 3.84. The van der Waals surface area contributed by atoms with Gasteiger partial charge in [0.2, 0.25) is 0 Å². The molecule has 0 aliphatic heterocycles. The SMILES string of the molecule is CC(C)(C)c1ccc(C(Br)C2CC2(C)C)s1. The van der Waals surface area contributed by atoms with Crippen LogP contribution in [0.3, 0.4) is 0 Å². The van der Waals surface area contributed by atoms with Crippen LogP contribution in [0.2, 0.25) is 0 Å². The molecule has 0 spiro atoms. The van der Waals surface area contributed by atoms with E-state index in [4.69, 9.17) is 0 Å². The highest BCUT2D eigenvalue weighted by molar-refractivity contribution is 9.09. The van der Waals surface area contributed by atoms with Gasteiger partial charge in [0.25, 0.3) is 0 Å². The Balaban J connectivity index is 2.14. The van der Waals surface area contributed by atoms with Crippen LogP contribution in [0.25, 0.3) is 0 Å². The maximum Gasteiger partial charge on any atom is 0.0522 e. The van der Waals surface area contributed by atoms with Crippen molar-refractivity contribution in [2.45, 2.75) is 51.3 Å². The molecular weight excluding hydrogens is 280 g/mol. The highest BCUT2D eigenvalue weighted by Crippen LogP contribution is 2.61. The fourth-order valence-corrected chi connectivity index (χ4v) is 4.55. The maximum absolute atomic E-state index is 3.88. The molecule has 2 unspecified atom stereocenters. The van der Waals surface area contributed by atoms with Crippen molar-refractivity contribution in [2.24, 2.45) is 11.3 Å². The van der Waals surface area contributed by atoms with Crippen LogP contribution in [0.4, 0.5) is 0 Å². The summed E-state index contributed by atoms with van der Waals surface area (Å²) < 4.78 is 0. The summed E-state index contributed by atoms with van der Waals surface area (Å²) in [6, 6.07) is 4.60. The molecule has 1 aliphatic carbocycles. The van der Waals surface area contributed by atoms with Gasteiger partial charge in [0, 0.05) is 9.75 Å². The third-order valence-corrected chi connectivity index (χ3v) is 6.61. The third-order valence-electron chi connectivity index (χ3n) is 3.58. The Morgan fingerprint density at radius 2 is 1.94 bits per heavy atom. The lowest BCUT2D eigenvalue weighted by molar-refractivity contribution is 0.557. The molecule has 2 atom stereocenters. The number of hydrogen-bond donors (Lipinski definition) is 0. The Morgan fingerprint density at radius 1 is 1.38 bits per heavy atom. The van der Waals surface area contributed by atoms with Crippen LogP contribution in [0, 0.1) is 11.3 Å². The van der Waals surface area contributed by atoms with Gasteiger partial charge in [0.1, 0.15) is 0 Å². The van der Waals surface area contributed by atoms with Crippen molar-refractivity contribution in [1.82, 2.24) is 0 Å². The molecule has 1 heterocycles. The molecule has 1 aromatic rings. The molecular formula is C14H21BrS. The van der Waals surface area contributed by atoms with Gasteiger partial charge in [-0.05, 0) is 35.3 Å². The average Bonchev–Trinajstić information content (AvgIpc) is 2.65. The lowest BCUT2D eigenvalue weighted by Crippen LogP contribution is -2.07. The minimum atomic E-state index is 0.286. The van der Waals surface area contributed by atoms with Crippen LogP contribution >= 0.6 is 27.3 Å². The van der Waals surface area contributed by atoms with Crippen molar-refractivity contribution >= 4 is 27.3 Å². The highest BCUT2D eigenvalue weighted by atomic mass is 79.9. The van der Waals surface area contributed by atoms with Gasteiger partial charge in [-0.15, -0.1) is 11.3 Å². The summed E-state index contributed by atoms with van der Waals surface area (Å²) in [6.07, 6.45) is 1.35. The van der Waals surface area contributed by atoms with Gasteiger partial charge < -0.3 is 0 Å². The minimum Gasteiger partial charge on any atom is -0.144 e. The van der Waals surface area contributed by atoms with Gasteiger partial charge in [-0.3, -0.25) is 0 Å². The zero-order valence-electron chi connectivity index (χ0n) is 10.8. The quantitative estimate of drug-likeness (QED) is 0.630. The van der Waals surface area contributed by atoms with Gasteiger partial charge in [-0.25, -0.2) is 0 Å². The van der Waals surface area contributed by atoms with E-state index in [0.717, 1.165) is 5.92 Å². The lowest BCUT2D eigenvalue weighted by atomic mass is 9.95. The fourth-order valence-electron chi connectivity index (χ4n) is 2.11. The van der Waals surface area contributed by atoms with Gasteiger partial charge in [0.05, 0.1) is 4.83 Å². The zero-order valence-corrected chi connectivity index (χ0v) is 13.2. The van der Waals surface area contributed by atoms with Gasteiger partial charge in [-0.1, -0.05) is 50.5 Å². The van der Waals surface area contributed by atoms with Gasteiger partial charge in [0.15, 0.2) is 0 Å². The van der Waals surface area contributed by atoms with Crippen LogP contribution in [0.15, 0.2) is 12.1 Å². The van der Waals surface area contributed by atoms with Crippen molar-refractivity contribution in [1.29, 1.82) is 0 Å². The number of alkyl halides is 1. The molecule has 0 radical (unpaired) electrons. The Kier molecular flexibility index (Phi) is 3.03. The fraction of sp³-hybridized carbons (Fsp3) is 0.714. The first kappa shape index (κ1) is 12.6. The second-order valence-electron chi connectivity index (χ2n) is 6.65. The normalized spacial score (nSPS) is 25.5. The van der Waals surface area contributed by atoms with Crippen molar-refractivity contribution in [3.8, 4) is 0 Å². The van der Waals surface area contributed by atoms with E-state index in [-0.39, 0.29) is 5.41 Å². The molecule has 0 bridgehead atoms. The van der Waals surface area contributed by atoms with E-state index in [2.05, 4.69) is 62.7 Å². The summed E-state index contributed by atoms with van der Waals surface area (Å²) in [5.74, 6) is 0.818. The largest absolute Gasteiger partial charge is 0.144 e. The molecule has 2 heteroatoms. The van der Waals surface area contributed by atoms with Crippen molar-refractivity contribution in [3.05, 3.63) is 21.9 Å². The Hall–Kier alpha value is 0.180. The molecule has 1 aliphatic rings. The third kappa shape index (κ3) is 2.38. The highest BCUT2D eigenvalue weighted by Gasteiger charge is 2.50. The Bertz CT molecular complexity index is 384. The van der Waals surface area contributed by atoms with E-state index in [1.807, 2.05) is 11.3 Å². The summed E-state index contributed by atoms with van der Waals surface area (Å²) in [4.78, 5) is 3.55. The monoisotopic (exact) mass is 300 g/mol. The number of rotatable bonds is 2. The van der Waals surface area contributed by atoms with Crippen LogP contribution in [0.5, 0.6) is 0 Å². The van der Waals surface area contributed by atoms with Crippen molar-refractivity contribution in [3.63, 3.8) is 0 Å². The summed E-state index contributed by atoms with van der Waals surface area (Å²) >= 11 is 5.85. The molecule has 90 valence electrons. The molecule has 0 saturated heterocycles. The van der Waals surface area contributed by atoms with Crippen LogP contribution < -0.4 is 0 Å². The lowest BCUT2D eigenvalue weighted by Gasteiger charge is -2.16. The summed E-state index contributed by atoms with van der Waals surface area (Å²) in [5, 5.41) is 0. The van der Waals surface area contributed by atoms with Gasteiger partial charge >= 0.3 is 0 Å². The van der Waals surface area contributed by atoms with Crippen LogP contribution in [-0.2, 0) is 5.41 Å². The molecule has 0 N–H and O–H groups in total. The molecule has 1 fully saturated rings. The summed E-state index contributed by atoms with van der Waals surface area (Å²) in [5.41, 5.74) is 0.828. The molecule has 1 saturated carbocycles. The predicted molar refractivity (Wildman–Crippen MR) is 76.6 cm³/mol. The topological polar surface area (TPSA) is 0 Å². The Morgan fingerprint density at radius 3 is 2.31 bits per heavy atom. The van der Waals surface area contributed by atoms with Crippen LogP contribution in [0.1, 0.15) is 55.6 Å². The molecule has 0 amide bonds. The molecule has 0 aromatic carbocycles. The molecule has 16 heavy (non-hydrogen) atoms. The smallest absolute Gasteiger partial charge is 0.0522 e. The van der Waals surface area contributed by atoms with E-state index < -0.39 is 0 Å². The number of thiophene rings is 1. The zero-order chi connectivity index (χ0) is 12.1. The van der Waals surface area contributed by atoms with E-state index in [1.54, 1.807) is 0 Å². The number of hydrogen-bond acceptors (Lipinski definition) is 1. The van der Waals surface area contributed by atoms with E-state index >= 15 is 0 Å². The first-order valence-corrected chi connectivity index (χ1v) is 7.69. The molecule has 2 rings (SSSR count). The standard InChI is InChI=1S/C14H21BrS/c1-13(2,3)11-7-6-10(16-11)12(15)9-8-14(9,4)5/h6-7,9,12H,8H2,1-5H3. The maximum atomic E-state index is 3.88. The van der Waals surface area contributed by atoms with Crippen LogP contribution in [-0.4, -0.2) is 0 Å². The summed E-state index contributed by atoms with van der Waals surface area (Å²) in [6.45, 7) is 11.6. The average molecular weight is 301 g/mol. The minimum absolute atomic E-state index is 0.286. The molecule has 0 nitrogen and oxygen atoms in total. The van der Waals surface area contributed by atoms with E-state index in [9.17, 15) is 0 Å². The van der Waals surface area contributed by atoms with E-state index in [1.165, 1.54) is 16.2 Å². The van der Waals surface area contributed by atoms with Gasteiger partial charge in [-0.2, -0.15) is 0 Å². The Labute approximate surface area is 112 Å². The van der Waals surface area contributed by atoms with Crippen molar-refractivity contribution in [2.75, 3.05) is 0 Å². The first-order chi connectivity index (χ1) is 7.22. The van der Waals surface area contributed by atoms with E-state index in [0.29, 0.717) is 10.2 Å². The molecule has 1 aromatic heterocycles.